The van der Waals surface area contributed by atoms with Crippen molar-refractivity contribution < 1.29 is 0 Å². The molecule has 0 aromatic heterocycles. The molecule has 4 aliphatic rings. The molecule has 0 spiro atoms. The minimum absolute atomic E-state index is 0.260. The van der Waals surface area contributed by atoms with E-state index in [0.29, 0.717) is 23.7 Å². The fraction of sp³-hybridized carbons (Fsp3) is 0.875. The molecule has 2 nitrogen and oxygen atoms in total. The summed E-state index contributed by atoms with van der Waals surface area (Å²) in [4.78, 5) is 0. The third kappa shape index (κ3) is 1.17. The van der Waals surface area contributed by atoms with Crippen LogP contribution in [0.15, 0.2) is 0 Å². The highest BCUT2D eigenvalue weighted by molar-refractivity contribution is 5.32. The molecular formula is C16H20N2. The van der Waals surface area contributed by atoms with Crippen molar-refractivity contribution >= 4 is 0 Å². The number of hydrogen-bond donors (Lipinski definition) is 0. The van der Waals surface area contributed by atoms with Crippen molar-refractivity contribution in [3.8, 4) is 12.1 Å². The van der Waals surface area contributed by atoms with Gasteiger partial charge in [-0.05, 0) is 75.0 Å². The van der Waals surface area contributed by atoms with Gasteiger partial charge in [0.15, 0.2) is 0 Å². The molecule has 0 aliphatic heterocycles. The molecule has 18 heavy (non-hydrogen) atoms. The molecule has 0 saturated heterocycles. The molecule has 0 aromatic rings. The average Bonchev–Trinajstić information content (AvgIpc) is 3.23. The fourth-order valence-corrected chi connectivity index (χ4v) is 4.72. The number of rotatable bonds is 5. The maximum atomic E-state index is 10.0. The van der Waals surface area contributed by atoms with E-state index in [9.17, 15) is 10.5 Å². The summed E-state index contributed by atoms with van der Waals surface area (Å²) in [6.45, 7) is 0. The van der Waals surface area contributed by atoms with Gasteiger partial charge in [-0.1, -0.05) is 0 Å². The summed E-state index contributed by atoms with van der Waals surface area (Å²) in [7, 11) is 0. The number of nitrogens with zero attached hydrogens (tertiary/aromatic N) is 2. The second kappa shape index (κ2) is 3.30. The van der Waals surface area contributed by atoms with Crippen LogP contribution in [0.2, 0.25) is 0 Å². The van der Waals surface area contributed by atoms with E-state index >= 15 is 0 Å². The van der Waals surface area contributed by atoms with Crippen molar-refractivity contribution in [2.45, 2.75) is 51.4 Å². The lowest BCUT2D eigenvalue weighted by Crippen LogP contribution is -2.47. The molecule has 0 amide bonds. The summed E-state index contributed by atoms with van der Waals surface area (Å²) in [6.07, 6.45) is 9.61. The smallest absolute Gasteiger partial charge is 0.0821 e. The van der Waals surface area contributed by atoms with E-state index in [4.69, 9.17) is 0 Å². The summed E-state index contributed by atoms with van der Waals surface area (Å²) < 4.78 is 0. The van der Waals surface area contributed by atoms with Crippen LogP contribution in [-0.4, -0.2) is 0 Å². The third-order valence-electron chi connectivity index (χ3n) is 5.94. The van der Waals surface area contributed by atoms with Gasteiger partial charge in [0, 0.05) is 0 Å². The minimum atomic E-state index is -0.260. The van der Waals surface area contributed by atoms with Gasteiger partial charge in [0.25, 0.3) is 0 Å². The first-order valence-corrected chi connectivity index (χ1v) is 7.62. The van der Waals surface area contributed by atoms with E-state index in [0.717, 1.165) is 0 Å². The minimum Gasteiger partial charge on any atom is -0.198 e. The molecule has 0 radical (unpaired) electrons. The highest BCUT2D eigenvalue weighted by Crippen LogP contribution is 2.75. The molecular weight excluding hydrogens is 220 g/mol. The van der Waals surface area contributed by atoms with Crippen molar-refractivity contribution in [1.82, 2.24) is 0 Å². The predicted octanol–water partition coefficient (Wildman–Crippen LogP) is 3.65. The Hall–Kier alpha value is -1.02. The van der Waals surface area contributed by atoms with Crippen LogP contribution in [0.1, 0.15) is 51.4 Å². The molecule has 2 heteroatoms. The Kier molecular flexibility index (Phi) is 1.99. The van der Waals surface area contributed by atoms with Crippen LogP contribution < -0.4 is 0 Å². The molecule has 0 unspecified atom stereocenters. The molecule has 4 aliphatic carbocycles. The molecule has 0 bridgehead atoms. The van der Waals surface area contributed by atoms with Gasteiger partial charge in [0.05, 0.1) is 23.0 Å². The third-order valence-corrected chi connectivity index (χ3v) is 5.94. The second-order valence-corrected chi connectivity index (χ2v) is 7.06. The lowest BCUT2D eigenvalue weighted by atomic mass is 9.54. The quantitative estimate of drug-likeness (QED) is 0.736. The molecule has 0 heterocycles. The average molecular weight is 240 g/mol. The summed E-state index contributed by atoms with van der Waals surface area (Å²) in [6, 6.07) is 5.50. The van der Waals surface area contributed by atoms with Gasteiger partial charge in [0.1, 0.15) is 0 Å². The summed E-state index contributed by atoms with van der Waals surface area (Å²) in [5.74, 6) is 2.21. The second-order valence-electron chi connectivity index (χ2n) is 7.06. The highest BCUT2D eigenvalue weighted by Gasteiger charge is 2.73. The SMILES string of the molecule is N#CC(C1CC1)(C1CC1)C(C#N)(C1CC1)C1CC1. The van der Waals surface area contributed by atoms with Crippen LogP contribution in [0.4, 0.5) is 0 Å². The largest absolute Gasteiger partial charge is 0.198 e. The maximum absolute atomic E-state index is 10.0. The van der Waals surface area contributed by atoms with Crippen molar-refractivity contribution in [3.63, 3.8) is 0 Å². The van der Waals surface area contributed by atoms with E-state index in [-0.39, 0.29) is 10.8 Å². The Labute approximate surface area is 109 Å². The van der Waals surface area contributed by atoms with Gasteiger partial charge in [-0.2, -0.15) is 10.5 Å². The monoisotopic (exact) mass is 240 g/mol. The van der Waals surface area contributed by atoms with Gasteiger partial charge < -0.3 is 0 Å². The highest BCUT2D eigenvalue weighted by atomic mass is 14.7. The summed E-state index contributed by atoms with van der Waals surface area (Å²) in [5.41, 5.74) is -0.520. The molecule has 0 aromatic carbocycles. The van der Waals surface area contributed by atoms with Crippen molar-refractivity contribution in [3.05, 3.63) is 0 Å². The topological polar surface area (TPSA) is 47.6 Å². The Morgan fingerprint density at radius 3 is 0.889 bits per heavy atom. The van der Waals surface area contributed by atoms with E-state index in [1.165, 1.54) is 51.4 Å². The lowest BCUT2D eigenvalue weighted by molar-refractivity contribution is 0.0511. The molecule has 0 atom stereocenters. The maximum Gasteiger partial charge on any atom is 0.0821 e. The number of hydrogen-bond acceptors (Lipinski definition) is 2. The van der Waals surface area contributed by atoms with Gasteiger partial charge in [0.2, 0.25) is 0 Å². The summed E-state index contributed by atoms with van der Waals surface area (Å²) in [5, 5.41) is 20.0. The van der Waals surface area contributed by atoms with Crippen LogP contribution in [-0.2, 0) is 0 Å². The Bertz CT molecular complexity index is 382. The Morgan fingerprint density at radius 1 is 0.556 bits per heavy atom. The Morgan fingerprint density at radius 2 is 0.778 bits per heavy atom. The Balaban J connectivity index is 1.85. The van der Waals surface area contributed by atoms with Crippen LogP contribution in [0.5, 0.6) is 0 Å². The number of nitriles is 2. The van der Waals surface area contributed by atoms with Gasteiger partial charge >= 0.3 is 0 Å². The molecule has 0 N–H and O–H groups in total. The first kappa shape index (κ1) is 10.9. The van der Waals surface area contributed by atoms with Crippen molar-refractivity contribution in [1.29, 1.82) is 10.5 Å². The van der Waals surface area contributed by atoms with Gasteiger partial charge in [-0.25, -0.2) is 0 Å². The summed E-state index contributed by atoms with van der Waals surface area (Å²) >= 11 is 0. The molecule has 4 rings (SSSR count). The zero-order chi connectivity index (χ0) is 12.4. The van der Waals surface area contributed by atoms with Crippen LogP contribution in [0.3, 0.4) is 0 Å². The predicted molar refractivity (Wildman–Crippen MR) is 67.0 cm³/mol. The van der Waals surface area contributed by atoms with E-state index in [1.54, 1.807) is 0 Å². The molecule has 94 valence electrons. The first-order chi connectivity index (χ1) is 8.79. The van der Waals surface area contributed by atoms with Crippen molar-refractivity contribution in [2.75, 3.05) is 0 Å². The first-order valence-electron chi connectivity index (χ1n) is 7.62. The van der Waals surface area contributed by atoms with Gasteiger partial charge in [-0.3, -0.25) is 0 Å². The van der Waals surface area contributed by atoms with E-state index < -0.39 is 0 Å². The van der Waals surface area contributed by atoms with Crippen LogP contribution in [0.25, 0.3) is 0 Å². The zero-order valence-electron chi connectivity index (χ0n) is 10.9. The van der Waals surface area contributed by atoms with Crippen molar-refractivity contribution in [2.24, 2.45) is 34.5 Å². The van der Waals surface area contributed by atoms with E-state index in [1.807, 2.05) is 0 Å². The standard InChI is InChI=1S/C16H20N2/c17-9-15(11-1-2-11,12-3-4-12)16(10-18,13-5-6-13)14-7-8-14/h11-14H,1-8H2. The van der Waals surface area contributed by atoms with Gasteiger partial charge in [-0.15, -0.1) is 0 Å². The van der Waals surface area contributed by atoms with E-state index in [2.05, 4.69) is 12.1 Å². The lowest BCUT2D eigenvalue weighted by Gasteiger charge is -2.44. The molecule has 4 fully saturated rings. The normalized spacial score (nSPS) is 28.6. The van der Waals surface area contributed by atoms with Crippen LogP contribution in [0, 0.1) is 57.2 Å². The molecule has 4 saturated carbocycles. The van der Waals surface area contributed by atoms with Crippen LogP contribution >= 0.6 is 0 Å². The fourth-order valence-electron chi connectivity index (χ4n) is 4.72. The zero-order valence-corrected chi connectivity index (χ0v) is 10.9.